The van der Waals surface area contributed by atoms with Gasteiger partial charge >= 0.3 is 11.9 Å². The number of azo groups is 1. The molecule has 0 aliphatic carbocycles. The first kappa shape index (κ1) is 21.5. The molecule has 8 nitrogen and oxygen atoms in total. The van der Waals surface area contributed by atoms with Crippen LogP contribution in [0.2, 0.25) is 0 Å². The van der Waals surface area contributed by atoms with Crippen molar-refractivity contribution in [3.8, 4) is 12.1 Å². The van der Waals surface area contributed by atoms with E-state index in [9.17, 15) is 9.59 Å². The van der Waals surface area contributed by atoms with Gasteiger partial charge in [0.2, 0.25) is 0 Å². The molecule has 0 radical (unpaired) electrons. The number of carbonyl (C=O) groups excluding carboxylic acids is 2. The van der Waals surface area contributed by atoms with E-state index in [1.54, 1.807) is 27.7 Å². The second-order valence-corrected chi connectivity index (χ2v) is 5.20. The number of esters is 2. The third kappa shape index (κ3) is 7.19. The van der Waals surface area contributed by atoms with Gasteiger partial charge in [-0.05, 0) is 27.7 Å². The van der Waals surface area contributed by atoms with Crippen molar-refractivity contribution < 1.29 is 19.1 Å². The first-order valence-corrected chi connectivity index (χ1v) is 7.88. The van der Waals surface area contributed by atoms with E-state index >= 15 is 0 Å². The summed E-state index contributed by atoms with van der Waals surface area (Å²) in [6.07, 6.45) is 0. The van der Waals surface area contributed by atoms with E-state index in [4.69, 9.17) is 20.0 Å². The van der Waals surface area contributed by atoms with Gasteiger partial charge in [-0.25, -0.2) is 0 Å². The van der Waals surface area contributed by atoms with Crippen molar-refractivity contribution >= 4 is 11.9 Å². The van der Waals surface area contributed by atoms with Crippen molar-refractivity contribution in [2.24, 2.45) is 33.9 Å². The lowest BCUT2D eigenvalue weighted by Gasteiger charge is -2.16. The van der Waals surface area contributed by atoms with E-state index < -0.39 is 35.6 Å². The smallest absolute Gasteiger partial charge is 0.312 e. The number of rotatable bonds is 10. The zero-order chi connectivity index (χ0) is 18.5. The summed E-state index contributed by atoms with van der Waals surface area (Å²) in [7, 11) is 0. The average Bonchev–Trinajstić information content (AvgIpc) is 2.57. The van der Waals surface area contributed by atoms with Gasteiger partial charge in [-0.1, -0.05) is 0 Å². The van der Waals surface area contributed by atoms with E-state index in [2.05, 4.69) is 10.2 Å². The highest BCUT2D eigenvalue weighted by Crippen LogP contribution is 2.16. The van der Waals surface area contributed by atoms with Crippen molar-refractivity contribution in [3.05, 3.63) is 0 Å². The Morgan fingerprint density at radius 3 is 1.46 bits per heavy atom. The Morgan fingerprint density at radius 2 is 1.21 bits per heavy atom. The largest absolute Gasteiger partial charge is 0.466 e. The molecule has 4 unspecified atom stereocenters. The normalized spacial score (nSPS) is 15.6. The highest BCUT2D eigenvalue weighted by Gasteiger charge is 2.28. The second-order valence-electron chi connectivity index (χ2n) is 5.20. The number of nitrogens with zero attached hydrogens (tertiary/aromatic N) is 4. The maximum absolute atomic E-state index is 11.8. The third-order valence-electron chi connectivity index (χ3n) is 3.45. The maximum atomic E-state index is 11.8. The number of hydrogen-bond acceptors (Lipinski definition) is 8. The Labute approximate surface area is 142 Å². The highest BCUT2D eigenvalue weighted by atomic mass is 16.5. The van der Waals surface area contributed by atoms with Crippen LogP contribution in [-0.2, 0) is 19.1 Å². The monoisotopic (exact) mass is 336 g/mol. The van der Waals surface area contributed by atoms with E-state index in [1.165, 1.54) is 0 Å². The van der Waals surface area contributed by atoms with Crippen LogP contribution in [0.1, 0.15) is 27.7 Å². The molecule has 0 heterocycles. The molecule has 0 fully saturated rings. The Kier molecular flexibility index (Phi) is 10.8. The van der Waals surface area contributed by atoms with Crippen molar-refractivity contribution in [2.75, 3.05) is 26.3 Å². The minimum atomic E-state index is -0.715. The summed E-state index contributed by atoms with van der Waals surface area (Å²) in [6.45, 7) is 6.99. The molecule has 0 amide bonds. The fraction of sp³-hybridized carbons (Fsp3) is 0.750. The first-order valence-electron chi connectivity index (χ1n) is 7.88. The molecule has 0 aromatic rings. The molecule has 0 saturated carbocycles. The lowest BCUT2D eigenvalue weighted by atomic mass is 9.95. The Balaban J connectivity index is 4.83. The van der Waals surface area contributed by atoms with Crippen LogP contribution in [0.25, 0.3) is 0 Å². The predicted molar refractivity (Wildman–Crippen MR) is 84.4 cm³/mol. The molecular weight excluding hydrogens is 312 g/mol. The molecule has 0 rings (SSSR count). The van der Waals surface area contributed by atoms with Crippen molar-refractivity contribution in [1.29, 1.82) is 10.5 Å². The van der Waals surface area contributed by atoms with Crippen molar-refractivity contribution in [3.63, 3.8) is 0 Å². The lowest BCUT2D eigenvalue weighted by molar-refractivity contribution is -0.149. The summed E-state index contributed by atoms with van der Waals surface area (Å²) < 4.78 is 9.84. The molecule has 132 valence electrons. The van der Waals surface area contributed by atoms with Crippen LogP contribution in [0.15, 0.2) is 10.2 Å². The first-order chi connectivity index (χ1) is 11.4. The molecule has 8 heteroatoms. The van der Waals surface area contributed by atoms with Crippen LogP contribution < -0.4 is 0 Å². The minimum Gasteiger partial charge on any atom is -0.466 e. The summed E-state index contributed by atoms with van der Waals surface area (Å²) in [5, 5.41) is 25.8. The molecule has 4 atom stereocenters. The molecule has 0 spiro atoms. The Hall–Kier alpha value is -2.48. The van der Waals surface area contributed by atoms with Gasteiger partial charge in [0.05, 0.1) is 62.1 Å². The van der Waals surface area contributed by atoms with Gasteiger partial charge in [0, 0.05) is 0 Å². The topological polar surface area (TPSA) is 125 Å². The van der Waals surface area contributed by atoms with Gasteiger partial charge in [-0.2, -0.15) is 20.8 Å². The van der Waals surface area contributed by atoms with Gasteiger partial charge in [0.25, 0.3) is 0 Å². The molecule has 0 saturated heterocycles. The average molecular weight is 336 g/mol. The summed E-state index contributed by atoms with van der Waals surface area (Å²) in [5.74, 6) is -3.57. The number of hydrogen-bond donors (Lipinski definition) is 0. The highest BCUT2D eigenvalue weighted by molar-refractivity contribution is 5.74. The summed E-state index contributed by atoms with van der Waals surface area (Å²) in [4.78, 5) is 23.7. The molecule has 0 N–H and O–H groups in total. The van der Waals surface area contributed by atoms with E-state index in [0.29, 0.717) is 0 Å². The van der Waals surface area contributed by atoms with Crippen LogP contribution in [0, 0.1) is 46.3 Å². The second kappa shape index (κ2) is 12.0. The van der Waals surface area contributed by atoms with Gasteiger partial charge in [-0.3, -0.25) is 9.59 Å². The van der Waals surface area contributed by atoms with Gasteiger partial charge in [0.15, 0.2) is 0 Å². The minimum absolute atomic E-state index is 0.00988. The zero-order valence-corrected chi connectivity index (χ0v) is 14.6. The van der Waals surface area contributed by atoms with E-state index in [-0.39, 0.29) is 26.3 Å². The Bertz CT molecular complexity index is 475. The van der Waals surface area contributed by atoms with Gasteiger partial charge in [-0.15, -0.1) is 0 Å². The summed E-state index contributed by atoms with van der Waals surface area (Å²) >= 11 is 0. The van der Waals surface area contributed by atoms with Crippen LogP contribution in [0.5, 0.6) is 0 Å². The quantitative estimate of drug-likeness (QED) is 0.444. The lowest BCUT2D eigenvalue weighted by Crippen LogP contribution is -2.27. The van der Waals surface area contributed by atoms with Crippen molar-refractivity contribution in [1.82, 2.24) is 0 Å². The molecular formula is C16H24N4O4. The van der Waals surface area contributed by atoms with Crippen LogP contribution in [0.3, 0.4) is 0 Å². The molecule has 0 aromatic carbocycles. The van der Waals surface area contributed by atoms with Gasteiger partial charge in [0.1, 0.15) is 0 Å². The maximum Gasteiger partial charge on any atom is 0.312 e. The van der Waals surface area contributed by atoms with Gasteiger partial charge < -0.3 is 9.47 Å². The van der Waals surface area contributed by atoms with E-state index in [1.807, 2.05) is 12.1 Å². The Morgan fingerprint density at radius 1 is 0.875 bits per heavy atom. The standard InChI is InChI=1S/C16H24N4O4/c1-5-23-15(21)13(11(3)7-17)9-19-20-10-14(12(4)8-18)16(22)24-6-2/h11-14H,5-6,9-10H2,1-4H3. The van der Waals surface area contributed by atoms with E-state index in [0.717, 1.165) is 0 Å². The molecule has 0 aromatic heterocycles. The molecule has 0 aliphatic rings. The third-order valence-corrected chi connectivity index (χ3v) is 3.45. The molecule has 0 bridgehead atoms. The zero-order valence-electron chi connectivity index (χ0n) is 14.6. The number of carbonyl (C=O) groups is 2. The van der Waals surface area contributed by atoms with Crippen LogP contribution in [0.4, 0.5) is 0 Å². The summed E-state index contributed by atoms with van der Waals surface area (Å²) in [6, 6.07) is 3.99. The van der Waals surface area contributed by atoms with Crippen LogP contribution in [-0.4, -0.2) is 38.2 Å². The fourth-order valence-corrected chi connectivity index (χ4v) is 1.84. The number of nitriles is 2. The number of ether oxygens (including phenoxy) is 2. The molecule has 24 heavy (non-hydrogen) atoms. The predicted octanol–water partition coefficient (Wildman–Crippen LogP) is 2.12. The summed E-state index contributed by atoms with van der Waals surface area (Å²) in [5.41, 5.74) is 0. The van der Waals surface area contributed by atoms with Crippen LogP contribution >= 0.6 is 0 Å². The fourth-order valence-electron chi connectivity index (χ4n) is 1.84. The van der Waals surface area contributed by atoms with Crippen molar-refractivity contribution in [2.45, 2.75) is 27.7 Å². The molecule has 0 aliphatic heterocycles. The SMILES string of the molecule is CCOC(=O)C(CN=NCC(C(=O)OCC)C(C)C#N)C(C)C#N.